The predicted molar refractivity (Wildman–Crippen MR) is 81.7 cm³/mol. The molecule has 0 fully saturated rings. The summed E-state index contributed by atoms with van der Waals surface area (Å²) in [4.78, 5) is 19.7. The fourth-order valence-electron chi connectivity index (χ4n) is 3.12. The highest BCUT2D eigenvalue weighted by Gasteiger charge is 2.38. The Morgan fingerprint density at radius 3 is 2.95 bits per heavy atom. The van der Waals surface area contributed by atoms with Crippen LogP contribution in [0, 0.1) is 5.41 Å². The zero-order valence-electron chi connectivity index (χ0n) is 11.7. The van der Waals surface area contributed by atoms with Crippen molar-refractivity contribution in [3.8, 4) is 0 Å². The van der Waals surface area contributed by atoms with E-state index in [1.165, 1.54) is 0 Å². The van der Waals surface area contributed by atoms with Crippen molar-refractivity contribution in [3.05, 3.63) is 35.1 Å². The van der Waals surface area contributed by atoms with Crippen molar-refractivity contribution in [2.24, 2.45) is 5.41 Å². The second-order valence-electron chi connectivity index (χ2n) is 5.73. The number of hydrogen-bond donors (Lipinski definition) is 1. The number of aromatic amines is 1. The molecule has 1 unspecified atom stereocenters. The van der Waals surface area contributed by atoms with E-state index in [4.69, 9.17) is 11.6 Å². The van der Waals surface area contributed by atoms with Gasteiger partial charge in [0.1, 0.15) is 5.82 Å². The number of fused-ring (bicyclic) bond motifs is 1. The molecule has 1 N–H and O–H groups in total. The third-order valence-corrected chi connectivity index (χ3v) is 4.36. The van der Waals surface area contributed by atoms with Gasteiger partial charge in [0.05, 0.1) is 16.1 Å². The minimum atomic E-state index is -0.119. The molecule has 4 heteroatoms. The lowest BCUT2D eigenvalue weighted by Crippen LogP contribution is -2.16. The number of imidazole rings is 1. The number of carbonyl (C=O) groups excluding carboxylic acids is 1. The van der Waals surface area contributed by atoms with Gasteiger partial charge in [0.25, 0.3) is 0 Å². The number of carbonyl (C=O) groups is 1. The molecule has 0 saturated heterocycles. The molecule has 3 nitrogen and oxygen atoms in total. The van der Waals surface area contributed by atoms with Gasteiger partial charge in [0.2, 0.25) is 0 Å². The van der Waals surface area contributed by atoms with Gasteiger partial charge in [-0.15, -0.1) is 0 Å². The van der Waals surface area contributed by atoms with E-state index < -0.39 is 0 Å². The van der Waals surface area contributed by atoms with Crippen LogP contribution in [0.1, 0.15) is 38.9 Å². The van der Waals surface area contributed by atoms with Crippen molar-refractivity contribution < 1.29 is 4.79 Å². The Hall–Kier alpha value is -1.61. The van der Waals surface area contributed by atoms with Crippen LogP contribution in [0.2, 0.25) is 5.02 Å². The Balaban J connectivity index is 2.12. The first kappa shape index (κ1) is 13.4. The summed E-state index contributed by atoms with van der Waals surface area (Å²) in [6.45, 7) is 4.28. The summed E-state index contributed by atoms with van der Waals surface area (Å²) in [6.07, 6.45) is 4.33. The average molecular weight is 289 g/mol. The lowest BCUT2D eigenvalue weighted by Gasteiger charge is -2.25. The van der Waals surface area contributed by atoms with Gasteiger partial charge in [-0.1, -0.05) is 37.9 Å². The average Bonchev–Trinajstić information content (AvgIpc) is 2.92. The number of hydrogen-bond acceptors (Lipinski definition) is 2. The molecule has 0 aliphatic heterocycles. The number of benzene rings is 1. The quantitative estimate of drug-likeness (QED) is 0.911. The van der Waals surface area contributed by atoms with Crippen LogP contribution in [-0.2, 0) is 4.79 Å². The summed E-state index contributed by atoms with van der Waals surface area (Å²) in [7, 11) is 0. The van der Waals surface area contributed by atoms with Crippen molar-refractivity contribution in [2.45, 2.75) is 33.1 Å². The number of nitrogens with one attached hydrogen (secondary N) is 1. The van der Waals surface area contributed by atoms with Gasteiger partial charge >= 0.3 is 0 Å². The largest absolute Gasteiger partial charge is 0.337 e. The molecule has 0 radical (unpaired) electrons. The standard InChI is InChI=1S/C16H17ClN2O/c1-3-7-16(2)9-10(20)8-11(16)15-18-13-6-4-5-12(17)14(13)19-15/h4-6,8H,3,7,9H2,1-2H3,(H,18,19). The molecule has 104 valence electrons. The molecule has 1 heterocycles. The van der Waals surface area contributed by atoms with E-state index in [2.05, 4.69) is 23.8 Å². The van der Waals surface area contributed by atoms with Crippen LogP contribution in [0.5, 0.6) is 0 Å². The Bertz CT molecular complexity index is 716. The molecule has 0 bridgehead atoms. The lowest BCUT2D eigenvalue weighted by molar-refractivity contribution is -0.115. The first-order valence-corrected chi connectivity index (χ1v) is 7.31. The topological polar surface area (TPSA) is 45.8 Å². The summed E-state index contributed by atoms with van der Waals surface area (Å²) < 4.78 is 0. The maximum absolute atomic E-state index is 11.9. The summed E-state index contributed by atoms with van der Waals surface area (Å²) in [5.41, 5.74) is 2.57. The van der Waals surface area contributed by atoms with Crippen LogP contribution in [-0.4, -0.2) is 15.8 Å². The zero-order chi connectivity index (χ0) is 14.3. The predicted octanol–water partition coefficient (Wildman–Crippen LogP) is 4.38. The van der Waals surface area contributed by atoms with E-state index in [-0.39, 0.29) is 11.2 Å². The Kier molecular flexibility index (Phi) is 3.17. The summed E-state index contributed by atoms with van der Waals surface area (Å²) in [5.74, 6) is 0.956. The molecule has 20 heavy (non-hydrogen) atoms. The third kappa shape index (κ3) is 2.06. The minimum absolute atomic E-state index is 0.119. The minimum Gasteiger partial charge on any atom is -0.337 e. The van der Waals surface area contributed by atoms with Crippen LogP contribution in [0.15, 0.2) is 24.3 Å². The molecule has 1 aliphatic rings. The second kappa shape index (κ2) is 4.74. The van der Waals surface area contributed by atoms with E-state index >= 15 is 0 Å². The molecular weight excluding hydrogens is 272 g/mol. The molecule has 0 amide bonds. The van der Waals surface area contributed by atoms with Gasteiger partial charge in [0, 0.05) is 17.4 Å². The Morgan fingerprint density at radius 2 is 2.25 bits per heavy atom. The van der Waals surface area contributed by atoms with Crippen molar-refractivity contribution in [3.63, 3.8) is 0 Å². The molecule has 1 aromatic heterocycles. The molecule has 1 aromatic carbocycles. The van der Waals surface area contributed by atoms with Crippen molar-refractivity contribution >= 4 is 34.0 Å². The van der Waals surface area contributed by atoms with E-state index in [0.29, 0.717) is 11.4 Å². The van der Waals surface area contributed by atoms with Crippen LogP contribution >= 0.6 is 11.6 Å². The van der Waals surface area contributed by atoms with E-state index in [1.54, 1.807) is 6.08 Å². The Morgan fingerprint density at radius 1 is 1.45 bits per heavy atom. The SMILES string of the molecule is CCCC1(C)CC(=O)C=C1c1nc2cccc(Cl)c2[nH]1. The van der Waals surface area contributed by atoms with Gasteiger partial charge in [-0.3, -0.25) is 4.79 Å². The third-order valence-electron chi connectivity index (χ3n) is 4.04. The van der Waals surface area contributed by atoms with Crippen LogP contribution in [0.3, 0.4) is 0 Å². The number of halogens is 1. The van der Waals surface area contributed by atoms with Gasteiger partial charge in [-0.05, 0) is 24.6 Å². The highest BCUT2D eigenvalue weighted by atomic mass is 35.5. The smallest absolute Gasteiger partial charge is 0.157 e. The number of H-pyrrole nitrogens is 1. The maximum Gasteiger partial charge on any atom is 0.157 e. The number of allylic oxidation sites excluding steroid dienone is 2. The van der Waals surface area contributed by atoms with Crippen molar-refractivity contribution in [1.29, 1.82) is 0 Å². The normalized spacial score (nSPS) is 22.6. The number of rotatable bonds is 3. The molecule has 3 rings (SSSR count). The molecule has 1 atom stereocenters. The second-order valence-corrected chi connectivity index (χ2v) is 6.14. The van der Waals surface area contributed by atoms with E-state index in [1.807, 2.05) is 18.2 Å². The van der Waals surface area contributed by atoms with Crippen LogP contribution in [0.4, 0.5) is 0 Å². The lowest BCUT2D eigenvalue weighted by atomic mass is 9.79. The van der Waals surface area contributed by atoms with Crippen molar-refractivity contribution in [2.75, 3.05) is 0 Å². The maximum atomic E-state index is 11.9. The molecule has 2 aromatic rings. The summed E-state index contributed by atoms with van der Waals surface area (Å²) in [5, 5.41) is 0.656. The monoisotopic (exact) mass is 288 g/mol. The van der Waals surface area contributed by atoms with Gasteiger partial charge in [-0.25, -0.2) is 4.98 Å². The number of nitrogens with zero attached hydrogens (tertiary/aromatic N) is 1. The summed E-state index contributed by atoms with van der Waals surface area (Å²) in [6, 6.07) is 5.65. The molecule has 1 aliphatic carbocycles. The van der Waals surface area contributed by atoms with Crippen molar-refractivity contribution in [1.82, 2.24) is 9.97 Å². The van der Waals surface area contributed by atoms with E-state index in [0.717, 1.165) is 35.3 Å². The first-order chi connectivity index (χ1) is 9.53. The fraction of sp³-hybridized carbons (Fsp3) is 0.375. The van der Waals surface area contributed by atoms with Crippen LogP contribution < -0.4 is 0 Å². The van der Waals surface area contributed by atoms with Gasteiger partial charge in [0.15, 0.2) is 5.78 Å². The number of aromatic nitrogens is 2. The fourth-order valence-corrected chi connectivity index (χ4v) is 3.34. The van der Waals surface area contributed by atoms with Gasteiger partial charge < -0.3 is 4.98 Å². The molecule has 0 spiro atoms. The Labute approximate surface area is 123 Å². The molecule has 0 saturated carbocycles. The first-order valence-electron chi connectivity index (χ1n) is 6.93. The van der Waals surface area contributed by atoms with Gasteiger partial charge in [-0.2, -0.15) is 0 Å². The number of para-hydroxylation sites is 1. The highest BCUT2D eigenvalue weighted by molar-refractivity contribution is 6.34. The highest BCUT2D eigenvalue weighted by Crippen LogP contribution is 2.46. The number of ketones is 1. The van der Waals surface area contributed by atoms with Crippen LogP contribution in [0.25, 0.3) is 16.6 Å². The zero-order valence-corrected chi connectivity index (χ0v) is 12.4. The van der Waals surface area contributed by atoms with E-state index in [9.17, 15) is 4.79 Å². The summed E-state index contributed by atoms with van der Waals surface area (Å²) >= 11 is 6.18. The molecular formula is C16H17ClN2O.